The van der Waals surface area contributed by atoms with Crippen LogP contribution in [0, 0.1) is 0 Å². The van der Waals surface area contributed by atoms with Crippen molar-refractivity contribution in [2.45, 2.75) is 44.8 Å². The highest BCUT2D eigenvalue weighted by Gasteiger charge is 2.53. The maximum Gasteiger partial charge on any atom is 0.480 e. The van der Waals surface area contributed by atoms with E-state index in [0.717, 1.165) is 0 Å². The number of phenolic OH excluding ortho intramolecular Hbond substituents is 1. The maximum absolute atomic E-state index is 10.0. The van der Waals surface area contributed by atoms with E-state index in [9.17, 15) is 5.11 Å². The number of aromatic hydroxyl groups is 1. The van der Waals surface area contributed by atoms with Gasteiger partial charge in [-0.2, -0.15) is 0 Å². The van der Waals surface area contributed by atoms with Gasteiger partial charge in [-0.25, -0.2) is 0 Å². The van der Waals surface area contributed by atoms with E-state index in [1.807, 2.05) is 27.7 Å². The lowest BCUT2D eigenvalue weighted by Crippen LogP contribution is -2.41. The zero-order valence-electron chi connectivity index (χ0n) is 11.9. The molecule has 1 heterocycles. The van der Waals surface area contributed by atoms with Crippen molar-refractivity contribution in [3.63, 3.8) is 0 Å². The van der Waals surface area contributed by atoms with E-state index in [4.69, 9.17) is 38.2 Å². The van der Waals surface area contributed by atoms with Gasteiger partial charge in [0.05, 0.1) is 17.1 Å². The molecule has 0 saturated carbocycles. The Bertz CT molecular complexity index is 497. The molecule has 3 N–H and O–H groups in total. The third-order valence-corrected chi connectivity index (χ3v) is 4.50. The van der Waals surface area contributed by atoms with Gasteiger partial charge in [0.15, 0.2) is 0 Å². The van der Waals surface area contributed by atoms with Crippen molar-refractivity contribution in [3.05, 3.63) is 27.7 Å². The van der Waals surface area contributed by atoms with Gasteiger partial charge < -0.3 is 20.1 Å². The molecular weight excluding hydrogens is 300 g/mol. The third-order valence-electron chi connectivity index (χ3n) is 3.97. The Hall–Kier alpha value is -0.455. The van der Waals surface area contributed by atoms with Crippen LogP contribution in [0.4, 0.5) is 0 Å². The van der Waals surface area contributed by atoms with E-state index in [-0.39, 0.29) is 10.8 Å². The fraction of sp³-hybridized carbons (Fsp3) is 0.538. The number of halogens is 2. The fourth-order valence-corrected chi connectivity index (χ4v) is 2.68. The van der Waals surface area contributed by atoms with Gasteiger partial charge in [-0.15, -0.1) is 0 Å². The lowest BCUT2D eigenvalue weighted by molar-refractivity contribution is 0.00578. The summed E-state index contributed by atoms with van der Waals surface area (Å²) >= 11 is 11.9. The van der Waals surface area contributed by atoms with Crippen LogP contribution in [0.5, 0.6) is 5.75 Å². The number of rotatable bonds is 2. The molecule has 4 nitrogen and oxygen atoms in total. The van der Waals surface area contributed by atoms with Gasteiger partial charge in [0, 0.05) is 15.6 Å². The normalized spacial score (nSPS) is 22.1. The van der Waals surface area contributed by atoms with Crippen LogP contribution < -0.4 is 5.73 Å². The van der Waals surface area contributed by atoms with E-state index in [0.29, 0.717) is 10.6 Å². The van der Waals surface area contributed by atoms with Crippen LogP contribution >= 0.6 is 23.2 Å². The van der Waals surface area contributed by atoms with Crippen molar-refractivity contribution in [3.8, 4) is 5.75 Å². The molecule has 0 bridgehead atoms. The highest BCUT2D eigenvalue weighted by atomic mass is 35.5. The molecule has 20 heavy (non-hydrogen) atoms. The predicted molar refractivity (Wildman–Crippen MR) is 81.1 cm³/mol. The molecule has 1 fully saturated rings. The summed E-state index contributed by atoms with van der Waals surface area (Å²) in [6, 6.07) is 2.93. The largest absolute Gasteiger partial charge is 0.508 e. The van der Waals surface area contributed by atoms with Gasteiger partial charge >= 0.3 is 7.12 Å². The molecule has 0 unspecified atom stereocenters. The Morgan fingerprint density at radius 2 is 1.65 bits per heavy atom. The van der Waals surface area contributed by atoms with Crippen LogP contribution in [0.2, 0.25) is 10.0 Å². The summed E-state index contributed by atoms with van der Waals surface area (Å²) in [7, 11) is -0.690. The molecule has 1 aromatic rings. The molecule has 0 amide bonds. The van der Waals surface area contributed by atoms with Gasteiger partial charge in [-0.3, -0.25) is 0 Å². The van der Waals surface area contributed by atoms with Crippen LogP contribution in [0.1, 0.15) is 39.2 Å². The summed E-state index contributed by atoms with van der Waals surface area (Å²) in [6.07, 6.45) is 0. The average Bonchev–Trinajstić information content (AvgIpc) is 2.46. The van der Waals surface area contributed by atoms with Crippen LogP contribution in [0.3, 0.4) is 0 Å². The molecule has 110 valence electrons. The minimum absolute atomic E-state index is 0.0651. The molecule has 0 radical (unpaired) electrons. The molecule has 2 rings (SSSR count). The van der Waals surface area contributed by atoms with Crippen LogP contribution in [0.25, 0.3) is 0 Å². The highest BCUT2D eigenvalue weighted by Crippen LogP contribution is 2.42. The van der Waals surface area contributed by atoms with E-state index >= 15 is 0 Å². The maximum atomic E-state index is 10.0. The van der Waals surface area contributed by atoms with Crippen LogP contribution in [-0.4, -0.2) is 23.4 Å². The first-order chi connectivity index (χ1) is 9.05. The van der Waals surface area contributed by atoms with Gasteiger partial charge in [-0.1, -0.05) is 23.2 Å². The Balaban J connectivity index is 2.33. The van der Waals surface area contributed by atoms with E-state index in [2.05, 4.69) is 0 Å². The standard InChI is InChI=1S/C13H18BCl2NO3/c1-12(2)13(3,4)20-14(19-12)11(17)10-8(16)5-7(15)6-9(10)18/h5-6,11,18H,17H2,1-4H3/t11-/m1/s1. The SMILES string of the molecule is CC1(C)OB([C@H](N)c2c(O)cc(Cl)cc2Cl)OC1(C)C. The van der Waals surface area contributed by atoms with Crippen molar-refractivity contribution < 1.29 is 14.4 Å². The quantitative estimate of drug-likeness (QED) is 0.821. The molecule has 1 aliphatic rings. The molecule has 1 atom stereocenters. The summed E-state index contributed by atoms with van der Waals surface area (Å²) in [6.45, 7) is 7.73. The van der Waals surface area contributed by atoms with Crippen molar-refractivity contribution >= 4 is 30.3 Å². The second-order valence-electron chi connectivity index (χ2n) is 5.97. The summed E-state index contributed by atoms with van der Waals surface area (Å²) in [5.41, 5.74) is 5.53. The third kappa shape index (κ3) is 2.65. The van der Waals surface area contributed by atoms with E-state index in [1.165, 1.54) is 12.1 Å². The smallest absolute Gasteiger partial charge is 0.480 e. The molecule has 0 aliphatic carbocycles. The minimum Gasteiger partial charge on any atom is -0.508 e. The number of nitrogens with two attached hydrogens (primary N) is 1. The topological polar surface area (TPSA) is 64.7 Å². The zero-order chi connectivity index (χ0) is 15.3. The van der Waals surface area contributed by atoms with Gasteiger partial charge in [0.25, 0.3) is 0 Å². The first-order valence-corrected chi connectivity index (χ1v) is 7.10. The first kappa shape index (κ1) is 15.9. The molecule has 0 aromatic heterocycles. The second-order valence-corrected chi connectivity index (χ2v) is 6.81. The average molecular weight is 318 g/mol. The van der Waals surface area contributed by atoms with Crippen LogP contribution in [-0.2, 0) is 9.31 Å². The molecule has 7 heteroatoms. The summed E-state index contributed by atoms with van der Waals surface area (Å²) in [5, 5.41) is 10.6. The van der Waals surface area contributed by atoms with E-state index < -0.39 is 24.3 Å². The van der Waals surface area contributed by atoms with Crippen molar-refractivity contribution in [1.29, 1.82) is 0 Å². The number of phenols is 1. The number of hydrogen-bond donors (Lipinski definition) is 2. The highest BCUT2D eigenvalue weighted by molar-refractivity contribution is 6.48. The van der Waals surface area contributed by atoms with Crippen LogP contribution in [0.15, 0.2) is 12.1 Å². The molecule has 0 spiro atoms. The minimum atomic E-state index is -0.708. The second kappa shape index (κ2) is 5.07. The molecule has 1 aromatic carbocycles. The Kier molecular flexibility index (Phi) is 4.04. The fourth-order valence-electron chi connectivity index (χ4n) is 2.07. The number of hydrogen-bond acceptors (Lipinski definition) is 4. The van der Waals surface area contributed by atoms with Gasteiger partial charge in [0.2, 0.25) is 0 Å². The number of benzene rings is 1. The first-order valence-electron chi connectivity index (χ1n) is 6.34. The Morgan fingerprint density at radius 1 is 1.15 bits per heavy atom. The molecular formula is C13H18BCl2NO3. The summed E-state index contributed by atoms with van der Waals surface area (Å²) < 4.78 is 11.7. The van der Waals surface area contributed by atoms with Gasteiger partial charge in [0.1, 0.15) is 5.75 Å². The van der Waals surface area contributed by atoms with Gasteiger partial charge in [-0.05, 0) is 39.8 Å². The summed E-state index contributed by atoms with van der Waals surface area (Å²) in [4.78, 5) is 0. The van der Waals surface area contributed by atoms with Crippen molar-refractivity contribution in [1.82, 2.24) is 0 Å². The molecule has 1 saturated heterocycles. The Morgan fingerprint density at radius 3 is 2.10 bits per heavy atom. The van der Waals surface area contributed by atoms with Crippen molar-refractivity contribution in [2.75, 3.05) is 0 Å². The monoisotopic (exact) mass is 317 g/mol. The predicted octanol–water partition coefficient (Wildman–Crippen LogP) is 3.33. The lowest BCUT2D eigenvalue weighted by atomic mass is 9.74. The lowest BCUT2D eigenvalue weighted by Gasteiger charge is -2.32. The van der Waals surface area contributed by atoms with Crippen molar-refractivity contribution in [2.24, 2.45) is 5.73 Å². The summed E-state index contributed by atoms with van der Waals surface area (Å²) in [5.74, 6) is -0.773. The van der Waals surface area contributed by atoms with E-state index in [1.54, 1.807) is 0 Å². The Labute approximate surface area is 129 Å². The zero-order valence-corrected chi connectivity index (χ0v) is 13.4. The molecule has 1 aliphatic heterocycles.